The molecule has 1 aromatic heterocycles. The maximum atomic E-state index is 5.24. The lowest BCUT2D eigenvalue weighted by Gasteiger charge is -2.03. The summed E-state index contributed by atoms with van der Waals surface area (Å²) in [6.07, 6.45) is 1.69. The first-order valence-electron chi connectivity index (χ1n) is 4.52. The van der Waals surface area contributed by atoms with Crippen LogP contribution in [-0.4, -0.2) is 22.8 Å². The van der Waals surface area contributed by atoms with Crippen LogP contribution in [0.2, 0.25) is 0 Å². The van der Waals surface area contributed by atoms with Gasteiger partial charge in [0.25, 0.3) is 5.19 Å². The molecular formula is C9H15N3OS. The van der Waals surface area contributed by atoms with Gasteiger partial charge in [-0.15, -0.1) is 5.10 Å². The number of nitrogens with zero attached hydrogens (tertiary/aromatic N) is 2. The van der Waals surface area contributed by atoms with Crippen molar-refractivity contribution in [1.29, 1.82) is 0 Å². The number of hydrogen-bond donors (Lipinski definition) is 1. The van der Waals surface area contributed by atoms with Crippen LogP contribution in [0.15, 0.2) is 12.7 Å². The van der Waals surface area contributed by atoms with Crippen molar-refractivity contribution in [3.63, 3.8) is 0 Å². The van der Waals surface area contributed by atoms with Crippen molar-refractivity contribution in [2.24, 2.45) is 0 Å². The van der Waals surface area contributed by atoms with Gasteiger partial charge < -0.3 is 10.1 Å². The largest absolute Gasteiger partial charge is 0.465 e. The molecule has 0 aliphatic heterocycles. The zero-order chi connectivity index (χ0) is 10.4. The van der Waals surface area contributed by atoms with Gasteiger partial charge in [0.2, 0.25) is 0 Å². The van der Waals surface area contributed by atoms with Crippen LogP contribution in [-0.2, 0) is 6.54 Å². The van der Waals surface area contributed by atoms with E-state index in [4.69, 9.17) is 4.74 Å². The summed E-state index contributed by atoms with van der Waals surface area (Å²) < 4.78 is 5.24. The summed E-state index contributed by atoms with van der Waals surface area (Å²) in [5, 5.41) is 12.7. The van der Waals surface area contributed by atoms with Gasteiger partial charge in [0.15, 0.2) is 0 Å². The van der Waals surface area contributed by atoms with Gasteiger partial charge in [-0.05, 0) is 0 Å². The lowest BCUT2D eigenvalue weighted by atomic mass is 10.4. The number of ether oxygens (including phenoxy) is 1. The van der Waals surface area contributed by atoms with E-state index in [1.54, 1.807) is 6.08 Å². The maximum absolute atomic E-state index is 5.24. The number of hydrogen-bond acceptors (Lipinski definition) is 5. The third kappa shape index (κ3) is 3.85. The van der Waals surface area contributed by atoms with Gasteiger partial charge in [-0.1, -0.05) is 42.9 Å². The molecule has 0 bridgehead atoms. The number of aromatic nitrogens is 2. The van der Waals surface area contributed by atoms with E-state index >= 15 is 0 Å². The second kappa shape index (κ2) is 5.72. The highest BCUT2D eigenvalue weighted by Crippen LogP contribution is 2.17. The average Bonchev–Trinajstić information content (AvgIpc) is 2.59. The highest BCUT2D eigenvalue weighted by Gasteiger charge is 2.04. The van der Waals surface area contributed by atoms with Crippen LogP contribution in [0.4, 0.5) is 0 Å². The Labute approximate surface area is 88.0 Å². The zero-order valence-electron chi connectivity index (χ0n) is 8.49. The molecule has 1 N–H and O–H groups in total. The molecular weight excluding hydrogens is 198 g/mol. The summed E-state index contributed by atoms with van der Waals surface area (Å²) in [7, 11) is 0. The monoisotopic (exact) mass is 213 g/mol. The van der Waals surface area contributed by atoms with Crippen molar-refractivity contribution < 1.29 is 4.74 Å². The van der Waals surface area contributed by atoms with E-state index in [-0.39, 0.29) is 0 Å². The van der Waals surface area contributed by atoms with Gasteiger partial charge in [-0.3, -0.25) is 0 Å². The number of rotatable bonds is 6. The van der Waals surface area contributed by atoms with Crippen molar-refractivity contribution >= 4 is 11.3 Å². The molecule has 4 nitrogen and oxygen atoms in total. The molecule has 0 aliphatic carbocycles. The molecule has 1 rings (SSSR count). The summed E-state index contributed by atoms with van der Waals surface area (Å²) in [4.78, 5) is 0. The van der Waals surface area contributed by atoms with Gasteiger partial charge in [0.1, 0.15) is 11.6 Å². The first-order valence-corrected chi connectivity index (χ1v) is 5.33. The Hall–Kier alpha value is -0.940. The van der Waals surface area contributed by atoms with E-state index < -0.39 is 0 Å². The van der Waals surface area contributed by atoms with Crippen LogP contribution in [0, 0.1) is 0 Å². The molecule has 0 saturated heterocycles. The first kappa shape index (κ1) is 11.1. The van der Waals surface area contributed by atoms with Crippen LogP contribution < -0.4 is 10.1 Å². The summed E-state index contributed by atoms with van der Waals surface area (Å²) >= 11 is 1.46. The second-order valence-electron chi connectivity index (χ2n) is 3.10. The molecule has 0 spiro atoms. The molecule has 0 radical (unpaired) electrons. The molecule has 0 amide bonds. The van der Waals surface area contributed by atoms with E-state index in [9.17, 15) is 0 Å². The van der Waals surface area contributed by atoms with Crippen molar-refractivity contribution in [2.45, 2.75) is 26.4 Å². The molecule has 78 valence electrons. The molecule has 0 fully saturated rings. The average molecular weight is 213 g/mol. The van der Waals surface area contributed by atoms with Gasteiger partial charge in [-0.2, -0.15) is 0 Å². The summed E-state index contributed by atoms with van der Waals surface area (Å²) in [5.41, 5.74) is 0. The third-order valence-corrected chi connectivity index (χ3v) is 2.27. The van der Waals surface area contributed by atoms with Gasteiger partial charge in [0, 0.05) is 6.04 Å². The lowest BCUT2D eigenvalue weighted by Crippen LogP contribution is -2.21. The second-order valence-corrected chi connectivity index (χ2v) is 4.12. The van der Waals surface area contributed by atoms with Crippen LogP contribution in [0.5, 0.6) is 5.19 Å². The highest BCUT2D eigenvalue weighted by molar-refractivity contribution is 7.13. The topological polar surface area (TPSA) is 47.0 Å². The molecule has 5 heteroatoms. The third-order valence-electron chi connectivity index (χ3n) is 1.43. The summed E-state index contributed by atoms with van der Waals surface area (Å²) in [6.45, 7) is 8.97. The standard InChI is InChI=1S/C9H15N3OS/c1-4-5-13-9-12-11-8(14-9)6-10-7(2)3/h4,7,10H,1,5-6H2,2-3H3. The molecule has 0 saturated carbocycles. The van der Waals surface area contributed by atoms with E-state index in [2.05, 4.69) is 35.9 Å². The predicted molar refractivity (Wildman–Crippen MR) is 57.6 cm³/mol. The summed E-state index contributed by atoms with van der Waals surface area (Å²) in [6, 6.07) is 0.455. The van der Waals surface area contributed by atoms with Gasteiger partial charge in [-0.25, -0.2) is 0 Å². The predicted octanol–water partition coefficient (Wildman–Crippen LogP) is 1.60. The fourth-order valence-corrected chi connectivity index (χ4v) is 1.44. The molecule has 14 heavy (non-hydrogen) atoms. The normalized spacial score (nSPS) is 10.5. The van der Waals surface area contributed by atoms with Crippen molar-refractivity contribution in [3.8, 4) is 5.19 Å². The van der Waals surface area contributed by atoms with Gasteiger partial charge in [0.05, 0.1) is 6.54 Å². The minimum Gasteiger partial charge on any atom is -0.465 e. The van der Waals surface area contributed by atoms with Crippen molar-refractivity contribution in [3.05, 3.63) is 17.7 Å². The van der Waals surface area contributed by atoms with E-state index in [1.165, 1.54) is 11.3 Å². The molecule has 0 unspecified atom stereocenters. The maximum Gasteiger partial charge on any atom is 0.294 e. The van der Waals surface area contributed by atoms with Crippen LogP contribution >= 0.6 is 11.3 Å². The van der Waals surface area contributed by atoms with Crippen molar-refractivity contribution in [2.75, 3.05) is 6.61 Å². The lowest BCUT2D eigenvalue weighted by molar-refractivity contribution is 0.357. The molecule has 1 aromatic rings. The van der Waals surface area contributed by atoms with E-state index in [1.807, 2.05) is 0 Å². The Bertz CT molecular complexity index is 285. The Kier molecular flexibility index (Phi) is 4.55. The molecule has 0 aliphatic rings. The number of nitrogens with one attached hydrogen (secondary N) is 1. The Balaban J connectivity index is 2.38. The van der Waals surface area contributed by atoms with Crippen LogP contribution in [0.25, 0.3) is 0 Å². The molecule has 0 atom stereocenters. The first-order chi connectivity index (χ1) is 6.72. The van der Waals surface area contributed by atoms with Crippen molar-refractivity contribution in [1.82, 2.24) is 15.5 Å². The fraction of sp³-hybridized carbons (Fsp3) is 0.556. The zero-order valence-corrected chi connectivity index (χ0v) is 9.30. The fourth-order valence-electron chi connectivity index (χ4n) is 0.790. The molecule has 1 heterocycles. The minimum absolute atomic E-state index is 0.455. The van der Waals surface area contributed by atoms with Crippen LogP contribution in [0.3, 0.4) is 0 Å². The van der Waals surface area contributed by atoms with E-state index in [0.717, 1.165) is 11.6 Å². The Morgan fingerprint density at radius 2 is 2.36 bits per heavy atom. The smallest absolute Gasteiger partial charge is 0.294 e. The van der Waals surface area contributed by atoms with Crippen LogP contribution in [0.1, 0.15) is 18.9 Å². The quantitative estimate of drug-likeness (QED) is 0.729. The molecule has 0 aromatic carbocycles. The highest BCUT2D eigenvalue weighted by atomic mass is 32.1. The van der Waals surface area contributed by atoms with E-state index in [0.29, 0.717) is 17.8 Å². The SMILES string of the molecule is C=CCOc1nnc(CNC(C)C)s1. The summed E-state index contributed by atoms with van der Waals surface area (Å²) in [5.74, 6) is 0. The Morgan fingerprint density at radius 1 is 1.57 bits per heavy atom. The minimum atomic E-state index is 0.455. The Morgan fingerprint density at radius 3 is 3.00 bits per heavy atom. The van der Waals surface area contributed by atoms with Gasteiger partial charge >= 0.3 is 0 Å².